The summed E-state index contributed by atoms with van der Waals surface area (Å²) in [5.41, 5.74) is 5.50. The van der Waals surface area contributed by atoms with E-state index in [1.807, 2.05) is 52.0 Å². The number of hydrogen-bond acceptors (Lipinski definition) is 6. The Morgan fingerprint density at radius 3 is 2.27 bits per heavy atom. The molecule has 0 radical (unpaired) electrons. The van der Waals surface area contributed by atoms with E-state index in [1.54, 1.807) is 24.3 Å². The van der Waals surface area contributed by atoms with Gasteiger partial charge >= 0.3 is 0 Å². The number of carbonyl (C=O) groups excluding carboxylic acids is 2. The molecule has 0 spiro atoms. The first-order valence-corrected chi connectivity index (χ1v) is 11.6. The number of anilines is 1. The van der Waals surface area contributed by atoms with Crippen molar-refractivity contribution in [1.82, 2.24) is 14.9 Å². The van der Waals surface area contributed by atoms with Crippen LogP contribution >= 0.6 is 23.4 Å². The molecule has 1 aliphatic heterocycles. The van der Waals surface area contributed by atoms with Crippen molar-refractivity contribution in [2.24, 2.45) is 0 Å². The van der Waals surface area contributed by atoms with Crippen LogP contribution in [0, 0.1) is 27.7 Å². The fourth-order valence-corrected chi connectivity index (χ4v) is 4.65. The van der Waals surface area contributed by atoms with Gasteiger partial charge in [0.1, 0.15) is 10.6 Å². The van der Waals surface area contributed by atoms with Crippen LogP contribution in [0.4, 0.5) is 5.69 Å². The Morgan fingerprint density at radius 2 is 1.61 bits per heavy atom. The largest absolute Gasteiger partial charge is 0.350 e. The Kier molecular flexibility index (Phi) is 6.54. The number of nitrogens with zero attached hydrogens (tertiary/aromatic N) is 3. The van der Waals surface area contributed by atoms with E-state index >= 15 is 0 Å². The second kappa shape index (κ2) is 9.37. The van der Waals surface area contributed by atoms with Crippen LogP contribution in [0.3, 0.4) is 0 Å². The summed E-state index contributed by atoms with van der Waals surface area (Å²) < 4.78 is 0. The highest BCUT2D eigenvalue weighted by atomic mass is 35.5. The first-order chi connectivity index (χ1) is 15.7. The van der Waals surface area contributed by atoms with Gasteiger partial charge in [0.15, 0.2) is 5.16 Å². The highest BCUT2D eigenvalue weighted by Gasteiger charge is 2.39. The van der Waals surface area contributed by atoms with Crippen molar-refractivity contribution in [3.8, 4) is 0 Å². The average molecular weight is 479 g/mol. The predicted octanol–water partition coefficient (Wildman–Crippen LogP) is 5.35. The van der Waals surface area contributed by atoms with E-state index in [0.717, 1.165) is 45.5 Å². The summed E-state index contributed by atoms with van der Waals surface area (Å²) in [6.07, 6.45) is 0. The number of thioether (sulfide) groups is 1. The van der Waals surface area contributed by atoms with Crippen molar-refractivity contribution < 1.29 is 9.59 Å². The molecular formula is C25H23ClN4O2S. The van der Waals surface area contributed by atoms with Crippen molar-refractivity contribution in [3.63, 3.8) is 0 Å². The molecule has 33 heavy (non-hydrogen) atoms. The first-order valence-electron chi connectivity index (χ1n) is 10.4. The highest BCUT2D eigenvalue weighted by Crippen LogP contribution is 2.36. The number of benzene rings is 2. The lowest BCUT2D eigenvalue weighted by molar-refractivity contribution is -0.137. The number of halogens is 1. The van der Waals surface area contributed by atoms with Crippen LogP contribution in [-0.2, 0) is 16.1 Å². The van der Waals surface area contributed by atoms with Crippen LogP contribution < -0.4 is 5.32 Å². The number of aryl methyl sites for hydroxylation is 3. The Morgan fingerprint density at radius 1 is 0.939 bits per heavy atom. The van der Waals surface area contributed by atoms with Crippen LogP contribution in [0.5, 0.6) is 0 Å². The molecule has 2 heterocycles. The van der Waals surface area contributed by atoms with E-state index in [-0.39, 0.29) is 29.0 Å². The summed E-state index contributed by atoms with van der Waals surface area (Å²) >= 11 is 7.09. The number of aromatic nitrogens is 2. The summed E-state index contributed by atoms with van der Waals surface area (Å²) in [5.74, 6) is -0.766. The molecule has 0 saturated heterocycles. The van der Waals surface area contributed by atoms with E-state index in [0.29, 0.717) is 10.2 Å². The van der Waals surface area contributed by atoms with E-state index < -0.39 is 0 Å². The monoisotopic (exact) mass is 478 g/mol. The van der Waals surface area contributed by atoms with Gasteiger partial charge in [0, 0.05) is 22.1 Å². The summed E-state index contributed by atoms with van der Waals surface area (Å²) in [5, 5.41) is 4.25. The molecule has 1 N–H and O–H groups in total. The number of nitrogens with one attached hydrogen (secondary N) is 1. The molecule has 0 bridgehead atoms. The molecule has 1 aliphatic rings. The summed E-state index contributed by atoms with van der Waals surface area (Å²) in [6, 6.07) is 14.8. The van der Waals surface area contributed by atoms with Gasteiger partial charge in [0.05, 0.1) is 6.54 Å². The van der Waals surface area contributed by atoms with Crippen LogP contribution in [0.1, 0.15) is 28.1 Å². The zero-order valence-electron chi connectivity index (χ0n) is 18.8. The normalized spacial score (nSPS) is 13.8. The van der Waals surface area contributed by atoms with Gasteiger partial charge in [-0.15, -0.1) is 0 Å². The van der Waals surface area contributed by atoms with Gasteiger partial charge < -0.3 is 5.32 Å². The summed E-state index contributed by atoms with van der Waals surface area (Å²) in [4.78, 5) is 37.2. The number of rotatable bonds is 6. The number of hydrogen-bond donors (Lipinski definition) is 1. The zero-order chi connectivity index (χ0) is 23.7. The predicted molar refractivity (Wildman–Crippen MR) is 131 cm³/mol. The maximum atomic E-state index is 13.4. The van der Waals surface area contributed by atoms with Gasteiger partial charge in [-0.1, -0.05) is 35.9 Å². The molecule has 0 unspecified atom stereocenters. The van der Waals surface area contributed by atoms with Crippen LogP contribution in [0.2, 0.25) is 5.02 Å². The minimum absolute atomic E-state index is 0.143. The molecule has 0 saturated carbocycles. The average Bonchev–Trinajstić information content (AvgIpc) is 2.96. The second-order valence-electron chi connectivity index (χ2n) is 7.93. The van der Waals surface area contributed by atoms with E-state index in [4.69, 9.17) is 11.6 Å². The smallest absolute Gasteiger partial charge is 0.278 e. The van der Waals surface area contributed by atoms with Crippen LogP contribution in [-0.4, -0.2) is 26.7 Å². The lowest BCUT2D eigenvalue weighted by Crippen LogP contribution is -2.32. The third-order valence-electron chi connectivity index (χ3n) is 5.40. The SMILES string of the molecule is Cc1cc(C)nc(SC2=C(Nc3cccc(C)c3C)C(=O)N(Cc3ccc(Cl)cc3)C2=O)n1. The lowest BCUT2D eigenvalue weighted by Gasteiger charge is -2.16. The van der Waals surface area contributed by atoms with Gasteiger partial charge in [-0.2, -0.15) is 0 Å². The van der Waals surface area contributed by atoms with Gasteiger partial charge in [0.25, 0.3) is 11.8 Å². The minimum Gasteiger partial charge on any atom is -0.350 e. The van der Waals surface area contributed by atoms with E-state index in [2.05, 4.69) is 15.3 Å². The molecule has 8 heteroatoms. The van der Waals surface area contributed by atoms with Crippen molar-refractivity contribution in [3.05, 3.63) is 92.2 Å². The van der Waals surface area contributed by atoms with Gasteiger partial charge in [-0.05, 0) is 80.4 Å². The quantitative estimate of drug-likeness (QED) is 0.380. The van der Waals surface area contributed by atoms with E-state index in [1.165, 1.54) is 4.90 Å². The number of imide groups is 1. The van der Waals surface area contributed by atoms with Gasteiger partial charge in [-0.25, -0.2) is 9.97 Å². The van der Waals surface area contributed by atoms with Gasteiger partial charge in [-0.3, -0.25) is 14.5 Å². The lowest BCUT2D eigenvalue weighted by atomic mass is 10.1. The topological polar surface area (TPSA) is 75.2 Å². The first kappa shape index (κ1) is 23.0. The third kappa shape index (κ3) is 4.94. The van der Waals surface area contributed by atoms with E-state index in [9.17, 15) is 9.59 Å². The standard InChI is InChI=1S/C25H23ClN4O2S/c1-14-6-5-7-20(17(14)4)29-21-22(33-25-27-15(2)12-16(3)28-25)24(32)30(23(21)31)13-18-8-10-19(26)11-9-18/h5-12,29H,13H2,1-4H3. The summed E-state index contributed by atoms with van der Waals surface area (Å²) in [6.45, 7) is 7.87. The highest BCUT2D eigenvalue weighted by molar-refractivity contribution is 8.04. The van der Waals surface area contributed by atoms with Crippen molar-refractivity contribution in [2.75, 3.05) is 5.32 Å². The Labute approximate surface area is 202 Å². The van der Waals surface area contributed by atoms with Crippen LogP contribution in [0.25, 0.3) is 0 Å². The maximum absolute atomic E-state index is 13.4. The molecule has 168 valence electrons. The Balaban J connectivity index is 1.72. The molecule has 2 amide bonds. The fraction of sp³-hybridized carbons (Fsp3) is 0.200. The molecule has 0 atom stereocenters. The number of carbonyl (C=O) groups is 2. The maximum Gasteiger partial charge on any atom is 0.278 e. The second-order valence-corrected chi connectivity index (χ2v) is 9.35. The Hall–Kier alpha value is -3.16. The molecular weight excluding hydrogens is 456 g/mol. The zero-order valence-corrected chi connectivity index (χ0v) is 20.3. The minimum atomic E-state index is -0.386. The molecule has 0 fully saturated rings. The van der Waals surface area contributed by atoms with Crippen molar-refractivity contribution in [2.45, 2.75) is 39.4 Å². The molecule has 6 nitrogen and oxygen atoms in total. The fourth-order valence-electron chi connectivity index (χ4n) is 3.53. The molecule has 3 aromatic rings. The molecule has 0 aliphatic carbocycles. The van der Waals surface area contributed by atoms with Crippen LogP contribution in [0.15, 0.2) is 64.3 Å². The Bertz CT molecular complexity index is 1270. The van der Waals surface area contributed by atoms with Gasteiger partial charge in [0.2, 0.25) is 0 Å². The van der Waals surface area contributed by atoms with Crippen molar-refractivity contribution >= 4 is 40.9 Å². The molecule has 2 aromatic carbocycles. The summed E-state index contributed by atoms with van der Waals surface area (Å²) in [7, 11) is 0. The molecule has 1 aromatic heterocycles. The third-order valence-corrected chi connectivity index (χ3v) is 6.60. The van der Waals surface area contributed by atoms with Crippen molar-refractivity contribution in [1.29, 1.82) is 0 Å². The molecule has 4 rings (SSSR count). The number of amides is 2.